The monoisotopic (exact) mass is 248 g/mol. The molecule has 0 radical (unpaired) electrons. The van der Waals surface area contributed by atoms with E-state index < -0.39 is 21.2 Å². The molecular formula is C9H16N2O4S. The van der Waals surface area contributed by atoms with Gasteiger partial charge in [-0.1, -0.05) is 13.3 Å². The van der Waals surface area contributed by atoms with Gasteiger partial charge in [-0.3, -0.25) is 4.79 Å². The molecule has 6 nitrogen and oxygen atoms in total. The van der Waals surface area contributed by atoms with Gasteiger partial charge in [-0.15, -0.1) is 0 Å². The van der Waals surface area contributed by atoms with Crippen LogP contribution in [0.4, 0.5) is 0 Å². The van der Waals surface area contributed by atoms with Crippen LogP contribution in [0.1, 0.15) is 26.7 Å². The predicted octanol–water partition coefficient (Wildman–Crippen LogP) is 0.319. The van der Waals surface area contributed by atoms with E-state index in [1.807, 2.05) is 0 Å². The minimum atomic E-state index is -3.66. The second-order valence-corrected chi connectivity index (χ2v) is 5.62. The van der Waals surface area contributed by atoms with Gasteiger partial charge >= 0.3 is 5.97 Å². The average Bonchev–Trinajstić information content (AvgIpc) is 2.22. The number of carbonyl (C=O) groups is 1. The Morgan fingerprint density at radius 2 is 2.12 bits per heavy atom. The Hall–Kier alpha value is -1.13. The van der Waals surface area contributed by atoms with E-state index in [1.165, 1.54) is 6.92 Å². The predicted molar refractivity (Wildman–Crippen MR) is 58.0 cm³/mol. The summed E-state index contributed by atoms with van der Waals surface area (Å²) in [5.74, 6) is -1.21. The summed E-state index contributed by atoms with van der Waals surface area (Å²) in [6.07, 6.45) is 0.482. The zero-order valence-electron chi connectivity index (χ0n) is 9.30. The third-order valence-corrected chi connectivity index (χ3v) is 3.87. The molecule has 2 atom stereocenters. The highest BCUT2D eigenvalue weighted by Crippen LogP contribution is 2.08. The first-order chi connectivity index (χ1) is 7.33. The van der Waals surface area contributed by atoms with E-state index in [-0.39, 0.29) is 18.9 Å². The molecule has 0 saturated carbocycles. The maximum atomic E-state index is 11.4. The first-order valence-corrected chi connectivity index (χ1v) is 6.48. The molecule has 0 aromatic heterocycles. The van der Waals surface area contributed by atoms with Gasteiger partial charge < -0.3 is 5.11 Å². The van der Waals surface area contributed by atoms with E-state index in [9.17, 15) is 13.2 Å². The minimum Gasteiger partial charge on any atom is -0.481 e. The fourth-order valence-electron chi connectivity index (χ4n) is 1.04. The van der Waals surface area contributed by atoms with E-state index in [1.54, 1.807) is 13.0 Å². The zero-order valence-corrected chi connectivity index (χ0v) is 10.1. The molecule has 0 saturated heterocycles. The number of carboxylic acids is 1. The zero-order chi connectivity index (χ0) is 12.8. The van der Waals surface area contributed by atoms with Crippen molar-refractivity contribution < 1.29 is 18.3 Å². The number of sulfonamides is 1. The van der Waals surface area contributed by atoms with Crippen molar-refractivity contribution in [2.45, 2.75) is 31.9 Å². The van der Waals surface area contributed by atoms with E-state index in [4.69, 9.17) is 10.4 Å². The maximum Gasteiger partial charge on any atom is 0.303 e. The molecule has 7 heteroatoms. The quantitative estimate of drug-likeness (QED) is 0.674. The minimum absolute atomic E-state index is 0.0527. The average molecular weight is 248 g/mol. The van der Waals surface area contributed by atoms with Crippen LogP contribution in [-0.4, -0.2) is 31.3 Å². The summed E-state index contributed by atoms with van der Waals surface area (Å²) in [5.41, 5.74) is 0. The summed E-state index contributed by atoms with van der Waals surface area (Å²) in [7, 11) is -3.66. The molecule has 0 rings (SSSR count). The van der Waals surface area contributed by atoms with Gasteiger partial charge in [-0.25, -0.2) is 13.1 Å². The Labute approximate surface area is 95.3 Å². The van der Waals surface area contributed by atoms with E-state index in [2.05, 4.69) is 4.72 Å². The summed E-state index contributed by atoms with van der Waals surface area (Å²) < 4.78 is 25.0. The van der Waals surface area contributed by atoms with Crippen LogP contribution in [0.5, 0.6) is 0 Å². The van der Waals surface area contributed by atoms with Crippen molar-refractivity contribution in [2.24, 2.45) is 5.92 Å². The molecular weight excluding hydrogens is 232 g/mol. The molecule has 16 heavy (non-hydrogen) atoms. The number of nitrogens with one attached hydrogen (secondary N) is 1. The van der Waals surface area contributed by atoms with Gasteiger partial charge in [0.2, 0.25) is 10.0 Å². The molecule has 0 aliphatic heterocycles. The Bertz CT molecular complexity index is 371. The molecule has 0 bridgehead atoms. The molecule has 2 N–H and O–H groups in total. The van der Waals surface area contributed by atoms with Crippen molar-refractivity contribution in [2.75, 3.05) is 6.54 Å². The number of carboxylic acid groups (broad SMARTS) is 1. The number of hydrogen-bond acceptors (Lipinski definition) is 4. The largest absolute Gasteiger partial charge is 0.481 e. The van der Waals surface area contributed by atoms with Gasteiger partial charge in [0, 0.05) is 13.0 Å². The fraction of sp³-hybridized carbons (Fsp3) is 0.778. The Morgan fingerprint density at radius 3 is 2.50 bits per heavy atom. The standard InChI is InChI=1S/C9H16N2O4S/c1-3-8(4-9(12)13)6-11-16(14,15)7(2)5-10/h7-8,11H,3-4,6H2,1-2H3,(H,12,13). The SMILES string of the molecule is CCC(CNS(=O)(=O)C(C)C#N)CC(=O)O. The highest BCUT2D eigenvalue weighted by Gasteiger charge is 2.21. The first-order valence-electron chi connectivity index (χ1n) is 4.93. The van der Waals surface area contributed by atoms with Crippen LogP contribution >= 0.6 is 0 Å². The van der Waals surface area contributed by atoms with Crippen molar-refractivity contribution in [3.63, 3.8) is 0 Å². The van der Waals surface area contributed by atoms with Crippen LogP contribution in [0.2, 0.25) is 0 Å². The molecule has 0 amide bonds. The maximum absolute atomic E-state index is 11.4. The van der Waals surface area contributed by atoms with Crippen LogP contribution < -0.4 is 4.72 Å². The van der Waals surface area contributed by atoms with Crippen LogP contribution in [0.25, 0.3) is 0 Å². The van der Waals surface area contributed by atoms with E-state index in [0.29, 0.717) is 6.42 Å². The lowest BCUT2D eigenvalue weighted by Gasteiger charge is -2.14. The summed E-state index contributed by atoms with van der Waals surface area (Å²) in [4.78, 5) is 10.5. The van der Waals surface area contributed by atoms with Crippen LogP contribution in [0.3, 0.4) is 0 Å². The van der Waals surface area contributed by atoms with Crippen molar-refractivity contribution in [3.05, 3.63) is 0 Å². The lowest BCUT2D eigenvalue weighted by Crippen LogP contribution is -2.35. The van der Waals surface area contributed by atoms with Crippen molar-refractivity contribution in [1.82, 2.24) is 4.72 Å². The van der Waals surface area contributed by atoms with Crippen molar-refractivity contribution in [1.29, 1.82) is 5.26 Å². The van der Waals surface area contributed by atoms with E-state index in [0.717, 1.165) is 0 Å². The molecule has 0 aliphatic carbocycles. The van der Waals surface area contributed by atoms with Gasteiger partial charge in [0.25, 0.3) is 0 Å². The van der Waals surface area contributed by atoms with Gasteiger partial charge in [0.05, 0.1) is 6.07 Å². The molecule has 0 aliphatic rings. The number of hydrogen-bond donors (Lipinski definition) is 2. The summed E-state index contributed by atoms with van der Waals surface area (Å²) >= 11 is 0. The highest BCUT2D eigenvalue weighted by molar-refractivity contribution is 7.90. The van der Waals surface area contributed by atoms with Crippen LogP contribution in [0.15, 0.2) is 0 Å². The third-order valence-electron chi connectivity index (χ3n) is 2.26. The number of rotatable bonds is 7. The summed E-state index contributed by atoms with van der Waals surface area (Å²) in [6.45, 7) is 3.12. The van der Waals surface area contributed by atoms with E-state index >= 15 is 0 Å². The highest BCUT2D eigenvalue weighted by atomic mass is 32.2. The molecule has 2 unspecified atom stereocenters. The smallest absolute Gasteiger partial charge is 0.303 e. The summed E-state index contributed by atoms with van der Waals surface area (Å²) in [6, 6.07) is 1.62. The summed E-state index contributed by atoms with van der Waals surface area (Å²) in [5, 5.41) is 15.9. The second kappa shape index (κ2) is 6.45. The Kier molecular flexibility index (Phi) is 6.00. The normalized spacial score (nSPS) is 15.1. The molecule has 0 spiro atoms. The van der Waals surface area contributed by atoms with Crippen molar-refractivity contribution in [3.8, 4) is 6.07 Å². The topological polar surface area (TPSA) is 107 Å². The third kappa shape index (κ3) is 5.09. The van der Waals surface area contributed by atoms with Gasteiger partial charge in [-0.05, 0) is 12.8 Å². The Morgan fingerprint density at radius 1 is 1.56 bits per heavy atom. The lowest BCUT2D eigenvalue weighted by molar-refractivity contribution is -0.138. The first kappa shape index (κ1) is 14.9. The molecule has 0 fully saturated rings. The Balaban J connectivity index is 4.33. The number of aliphatic carboxylic acids is 1. The molecule has 0 aromatic rings. The van der Waals surface area contributed by atoms with Crippen LogP contribution in [0, 0.1) is 17.2 Å². The van der Waals surface area contributed by atoms with Crippen molar-refractivity contribution >= 4 is 16.0 Å². The second-order valence-electron chi connectivity index (χ2n) is 3.54. The lowest BCUT2D eigenvalue weighted by atomic mass is 10.0. The fourth-order valence-corrected chi connectivity index (χ4v) is 1.89. The van der Waals surface area contributed by atoms with Gasteiger partial charge in [-0.2, -0.15) is 5.26 Å². The molecule has 92 valence electrons. The van der Waals surface area contributed by atoms with Crippen LogP contribution in [-0.2, 0) is 14.8 Å². The van der Waals surface area contributed by atoms with Gasteiger partial charge in [0.1, 0.15) is 0 Å². The number of nitrogens with zero attached hydrogens (tertiary/aromatic N) is 1. The molecule has 0 aromatic carbocycles. The van der Waals surface area contributed by atoms with Gasteiger partial charge in [0.15, 0.2) is 5.25 Å². The molecule has 0 heterocycles. The number of nitriles is 1.